The minimum atomic E-state index is 0.468. The van der Waals surface area contributed by atoms with Gasteiger partial charge < -0.3 is 9.47 Å². The van der Waals surface area contributed by atoms with Gasteiger partial charge in [-0.2, -0.15) is 5.26 Å². The van der Waals surface area contributed by atoms with Crippen molar-refractivity contribution >= 4 is 11.6 Å². The molecule has 0 spiro atoms. The van der Waals surface area contributed by atoms with E-state index in [1.54, 1.807) is 18.2 Å². The highest BCUT2D eigenvalue weighted by Gasteiger charge is 2.02. The van der Waals surface area contributed by atoms with Crippen LogP contribution in [0.5, 0.6) is 5.75 Å². The van der Waals surface area contributed by atoms with Crippen LogP contribution in [0.4, 0.5) is 0 Å². The fourth-order valence-electron chi connectivity index (χ4n) is 1.17. The van der Waals surface area contributed by atoms with E-state index in [0.29, 0.717) is 29.5 Å². The van der Waals surface area contributed by atoms with Crippen LogP contribution in [0.2, 0.25) is 5.02 Å². The Hall–Kier alpha value is -1.24. The third kappa shape index (κ3) is 4.09. The van der Waals surface area contributed by atoms with Gasteiger partial charge in [0.15, 0.2) is 0 Å². The van der Waals surface area contributed by atoms with E-state index in [9.17, 15) is 0 Å². The van der Waals surface area contributed by atoms with Gasteiger partial charge in [-0.1, -0.05) is 11.6 Å². The molecule has 0 aliphatic rings. The molecule has 0 aliphatic carbocycles. The van der Waals surface area contributed by atoms with Gasteiger partial charge in [0, 0.05) is 19.6 Å². The number of hydrogen-bond acceptors (Lipinski definition) is 3. The second-order valence-corrected chi connectivity index (χ2v) is 3.56. The van der Waals surface area contributed by atoms with Crippen molar-refractivity contribution < 1.29 is 9.47 Å². The topological polar surface area (TPSA) is 42.2 Å². The molecule has 86 valence electrons. The lowest BCUT2D eigenvalue weighted by Crippen LogP contribution is -2.03. The highest BCUT2D eigenvalue weighted by atomic mass is 35.5. The summed E-state index contributed by atoms with van der Waals surface area (Å²) in [6.07, 6.45) is 0.824. The lowest BCUT2D eigenvalue weighted by atomic mass is 10.2. The Morgan fingerprint density at radius 3 is 2.81 bits per heavy atom. The second-order valence-electron chi connectivity index (χ2n) is 3.16. The lowest BCUT2D eigenvalue weighted by Gasteiger charge is -2.07. The first-order chi connectivity index (χ1) is 7.77. The summed E-state index contributed by atoms with van der Waals surface area (Å²) in [7, 11) is 0. The minimum Gasteiger partial charge on any atom is -0.492 e. The molecule has 0 heterocycles. The summed E-state index contributed by atoms with van der Waals surface area (Å²) >= 11 is 5.94. The zero-order valence-electron chi connectivity index (χ0n) is 9.20. The molecule has 0 fully saturated rings. The van der Waals surface area contributed by atoms with Crippen molar-refractivity contribution in [2.75, 3.05) is 19.8 Å². The highest BCUT2D eigenvalue weighted by Crippen LogP contribution is 2.25. The zero-order chi connectivity index (χ0) is 11.8. The Morgan fingerprint density at radius 2 is 2.19 bits per heavy atom. The fraction of sp³-hybridized carbons (Fsp3) is 0.417. The average Bonchev–Trinajstić information content (AvgIpc) is 2.30. The quantitative estimate of drug-likeness (QED) is 0.717. The minimum absolute atomic E-state index is 0.468. The van der Waals surface area contributed by atoms with E-state index in [0.717, 1.165) is 13.0 Å². The van der Waals surface area contributed by atoms with Crippen LogP contribution < -0.4 is 4.74 Å². The molecule has 0 saturated heterocycles. The molecule has 0 bridgehead atoms. The summed E-state index contributed by atoms with van der Waals surface area (Å²) in [6.45, 7) is 3.92. The summed E-state index contributed by atoms with van der Waals surface area (Å²) in [5.74, 6) is 0.608. The molecule has 1 aromatic carbocycles. The maximum absolute atomic E-state index is 8.66. The van der Waals surface area contributed by atoms with Gasteiger partial charge >= 0.3 is 0 Å². The largest absolute Gasteiger partial charge is 0.492 e. The predicted molar refractivity (Wildman–Crippen MR) is 62.8 cm³/mol. The first-order valence-electron chi connectivity index (χ1n) is 5.18. The van der Waals surface area contributed by atoms with E-state index in [2.05, 4.69) is 0 Å². The van der Waals surface area contributed by atoms with Crippen LogP contribution in [0.1, 0.15) is 18.9 Å². The van der Waals surface area contributed by atoms with Crippen LogP contribution in [-0.4, -0.2) is 19.8 Å². The molecule has 1 aromatic rings. The number of benzene rings is 1. The Kier molecular flexibility index (Phi) is 5.69. The Balaban J connectivity index is 2.40. The molecule has 0 aliphatic heterocycles. The van der Waals surface area contributed by atoms with E-state index in [1.807, 2.05) is 13.0 Å². The number of halogens is 1. The van der Waals surface area contributed by atoms with Crippen molar-refractivity contribution in [3.63, 3.8) is 0 Å². The molecule has 16 heavy (non-hydrogen) atoms. The fourth-order valence-corrected chi connectivity index (χ4v) is 1.41. The molecule has 0 N–H and O–H groups in total. The number of ether oxygens (including phenoxy) is 2. The van der Waals surface area contributed by atoms with E-state index in [1.165, 1.54) is 0 Å². The SMILES string of the molecule is CCOCCCOc1ccc(C#N)cc1Cl. The third-order valence-electron chi connectivity index (χ3n) is 1.96. The Labute approximate surface area is 101 Å². The van der Waals surface area contributed by atoms with Gasteiger partial charge in [0.05, 0.1) is 23.3 Å². The van der Waals surface area contributed by atoms with Crippen molar-refractivity contribution in [1.82, 2.24) is 0 Å². The van der Waals surface area contributed by atoms with Crippen LogP contribution in [0.3, 0.4) is 0 Å². The van der Waals surface area contributed by atoms with E-state index in [4.69, 9.17) is 26.3 Å². The molecule has 0 atom stereocenters. The van der Waals surface area contributed by atoms with Crippen molar-refractivity contribution in [3.8, 4) is 11.8 Å². The maximum Gasteiger partial charge on any atom is 0.137 e. The van der Waals surface area contributed by atoms with Crippen LogP contribution >= 0.6 is 11.6 Å². The normalized spacial score (nSPS) is 9.81. The molecule has 1 rings (SSSR count). The van der Waals surface area contributed by atoms with Gasteiger partial charge in [-0.15, -0.1) is 0 Å². The molecule has 0 amide bonds. The second kappa shape index (κ2) is 7.10. The van der Waals surface area contributed by atoms with Crippen LogP contribution in [0.15, 0.2) is 18.2 Å². The average molecular weight is 240 g/mol. The lowest BCUT2D eigenvalue weighted by molar-refractivity contribution is 0.131. The van der Waals surface area contributed by atoms with Gasteiger partial charge in [0.25, 0.3) is 0 Å². The molecular weight excluding hydrogens is 226 g/mol. The van der Waals surface area contributed by atoms with Crippen LogP contribution in [0.25, 0.3) is 0 Å². The van der Waals surface area contributed by atoms with Gasteiger partial charge in [0.1, 0.15) is 5.75 Å². The molecule has 0 aromatic heterocycles. The van der Waals surface area contributed by atoms with Crippen molar-refractivity contribution in [1.29, 1.82) is 5.26 Å². The Morgan fingerprint density at radius 1 is 1.38 bits per heavy atom. The number of hydrogen-bond donors (Lipinski definition) is 0. The van der Waals surface area contributed by atoms with Crippen LogP contribution in [0, 0.1) is 11.3 Å². The smallest absolute Gasteiger partial charge is 0.137 e. The summed E-state index contributed by atoms with van der Waals surface area (Å²) in [6, 6.07) is 7.01. The summed E-state index contributed by atoms with van der Waals surface area (Å²) in [4.78, 5) is 0. The summed E-state index contributed by atoms with van der Waals surface area (Å²) in [5.41, 5.74) is 0.534. The summed E-state index contributed by atoms with van der Waals surface area (Å²) < 4.78 is 10.6. The van der Waals surface area contributed by atoms with Crippen molar-refractivity contribution in [2.45, 2.75) is 13.3 Å². The first kappa shape index (κ1) is 12.8. The first-order valence-corrected chi connectivity index (χ1v) is 5.56. The molecule has 0 unspecified atom stereocenters. The maximum atomic E-state index is 8.66. The van der Waals surface area contributed by atoms with Crippen molar-refractivity contribution in [3.05, 3.63) is 28.8 Å². The highest BCUT2D eigenvalue weighted by molar-refractivity contribution is 6.32. The number of nitrogens with zero attached hydrogens (tertiary/aromatic N) is 1. The molecular formula is C12H14ClNO2. The molecule has 3 nitrogen and oxygen atoms in total. The molecule has 0 saturated carbocycles. The monoisotopic (exact) mass is 239 g/mol. The Bertz CT molecular complexity index is 374. The van der Waals surface area contributed by atoms with Crippen molar-refractivity contribution in [2.24, 2.45) is 0 Å². The standard InChI is InChI=1S/C12H14ClNO2/c1-2-15-6-3-7-16-12-5-4-10(9-14)8-11(12)13/h4-5,8H,2-3,6-7H2,1H3. The van der Waals surface area contributed by atoms with Gasteiger partial charge in [0.2, 0.25) is 0 Å². The number of nitriles is 1. The summed E-state index contributed by atoms with van der Waals surface area (Å²) in [5, 5.41) is 9.13. The molecule has 4 heteroatoms. The molecule has 0 radical (unpaired) electrons. The van der Waals surface area contributed by atoms with E-state index >= 15 is 0 Å². The van der Waals surface area contributed by atoms with E-state index < -0.39 is 0 Å². The zero-order valence-corrected chi connectivity index (χ0v) is 9.96. The predicted octanol–water partition coefficient (Wildman–Crippen LogP) is 3.02. The third-order valence-corrected chi connectivity index (χ3v) is 2.25. The van der Waals surface area contributed by atoms with Gasteiger partial charge in [-0.3, -0.25) is 0 Å². The number of rotatable bonds is 6. The van der Waals surface area contributed by atoms with E-state index in [-0.39, 0.29) is 0 Å². The van der Waals surface area contributed by atoms with Crippen LogP contribution in [-0.2, 0) is 4.74 Å². The van der Waals surface area contributed by atoms with Gasteiger partial charge in [-0.25, -0.2) is 0 Å². The van der Waals surface area contributed by atoms with Gasteiger partial charge in [-0.05, 0) is 25.1 Å².